The highest BCUT2D eigenvalue weighted by atomic mass is 19.4. The van der Waals surface area contributed by atoms with Crippen LogP contribution in [-0.4, -0.2) is 48.1 Å². The Kier molecular flexibility index (Phi) is 6.06. The van der Waals surface area contributed by atoms with Crippen molar-refractivity contribution in [3.05, 3.63) is 0 Å². The third kappa shape index (κ3) is 5.10. The van der Waals surface area contributed by atoms with Crippen molar-refractivity contribution in [3.8, 4) is 0 Å². The molecule has 1 aliphatic heterocycles. The van der Waals surface area contributed by atoms with Crippen molar-refractivity contribution < 1.29 is 27.6 Å². The largest absolute Gasteiger partial charge is 0.391 e. The van der Waals surface area contributed by atoms with E-state index in [1.165, 1.54) is 4.90 Å². The molecule has 2 atom stereocenters. The molecule has 9 heteroatoms. The smallest absolute Gasteiger partial charge is 0.338 e. The first-order chi connectivity index (χ1) is 11.3. The third-order valence-electron chi connectivity index (χ3n) is 4.47. The molecule has 6 nitrogen and oxygen atoms in total. The number of urea groups is 1. The topological polar surface area (TPSA) is 78.5 Å². The van der Waals surface area contributed by atoms with Crippen LogP contribution in [0.5, 0.6) is 0 Å². The van der Waals surface area contributed by atoms with Gasteiger partial charge in [-0.2, -0.15) is 13.2 Å². The fraction of sp³-hybridized carbons (Fsp3) is 0.800. The SMILES string of the molecule is O=C(NCCCN1C(=O)CCC1=O)N[C@H]1CCC[C@H](C(F)(F)F)C1. The number of carbonyl (C=O) groups is 3. The minimum Gasteiger partial charge on any atom is -0.338 e. The van der Waals surface area contributed by atoms with Gasteiger partial charge in [0, 0.05) is 32.0 Å². The molecule has 2 rings (SSSR count). The average molecular weight is 349 g/mol. The number of nitrogens with zero attached hydrogens (tertiary/aromatic N) is 1. The Bertz CT molecular complexity index is 480. The molecule has 4 amide bonds. The Morgan fingerprint density at radius 2 is 1.83 bits per heavy atom. The van der Waals surface area contributed by atoms with Crippen LogP contribution in [0.3, 0.4) is 0 Å². The van der Waals surface area contributed by atoms with Crippen LogP contribution in [0.2, 0.25) is 0 Å². The molecule has 1 saturated carbocycles. The number of carbonyl (C=O) groups excluding carboxylic acids is 3. The van der Waals surface area contributed by atoms with Gasteiger partial charge < -0.3 is 10.6 Å². The van der Waals surface area contributed by atoms with Gasteiger partial charge in [0.05, 0.1) is 5.92 Å². The summed E-state index contributed by atoms with van der Waals surface area (Å²) in [6.07, 6.45) is -2.34. The molecule has 0 bridgehead atoms. The molecular formula is C15H22F3N3O3. The number of alkyl halides is 3. The molecule has 0 aromatic heterocycles. The summed E-state index contributed by atoms with van der Waals surface area (Å²) < 4.78 is 38.2. The Balaban J connectivity index is 1.64. The second-order valence-electron chi connectivity index (χ2n) is 6.29. The highest BCUT2D eigenvalue weighted by molar-refractivity contribution is 6.01. The number of halogens is 3. The normalized spacial score (nSPS) is 25.0. The summed E-state index contributed by atoms with van der Waals surface area (Å²) in [4.78, 5) is 35.7. The highest BCUT2D eigenvalue weighted by Crippen LogP contribution is 2.37. The summed E-state index contributed by atoms with van der Waals surface area (Å²) in [6.45, 7) is 0.496. The molecule has 24 heavy (non-hydrogen) atoms. The van der Waals surface area contributed by atoms with E-state index in [-0.39, 0.29) is 50.6 Å². The first-order valence-corrected chi connectivity index (χ1v) is 8.21. The number of hydrogen-bond acceptors (Lipinski definition) is 3. The number of nitrogens with one attached hydrogen (secondary N) is 2. The van der Waals surface area contributed by atoms with E-state index in [9.17, 15) is 27.6 Å². The van der Waals surface area contributed by atoms with Gasteiger partial charge in [-0.05, 0) is 25.7 Å². The Morgan fingerprint density at radius 3 is 2.46 bits per heavy atom. The summed E-state index contributed by atoms with van der Waals surface area (Å²) in [5.41, 5.74) is 0. The van der Waals surface area contributed by atoms with E-state index in [0.29, 0.717) is 19.3 Å². The van der Waals surface area contributed by atoms with Crippen molar-refractivity contribution in [2.24, 2.45) is 5.92 Å². The molecule has 0 spiro atoms. The molecule has 2 fully saturated rings. The molecule has 136 valence electrons. The molecule has 1 heterocycles. The van der Waals surface area contributed by atoms with Gasteiger partial charge in [0.1, 0.15) is 0 Å². The van der Waals surface area contributed by atoms with Crippen molar-refractivity contribution in [1.82, 2.24) is 15.5 Å². The molecule has 0 aromatic carbocycles. The molecule has 1 saturated heterocycles. The Morgan fingerprint density at radius 1 is 1.17 bits per heavy atom. The maximum Gasteiger partial charge on any atom is 0.391 e. The second kappa shape index (κ2) is 7.85. The van der Waals surface area contributed by atoms with Crippen LogP contribution >= 0.6 is 0 Å². The predicted octanol–water partition coefficient (Wildman–Crippen LogP) is 1.95. The molecular weight excluding hydrogens is 327 g/mol. The molecule has 0 radical (unpaired) electrons. The first kappa shape index (κ1) is 18.5. The van der Waals surface area contributed by atoms with Gasteiger partial charge in [0.15, 0.2) is 0 Å². The van der Waals surface area contributed by atoms with Crippen LogP contribution in [0.25, 0.3) is 0 Å². The number of imide groups is 1. The quantitative estimate of drug-likeness (QED) is 0.588. The zero-order chi connectivity index (χ0) is 17.7. The van der Waals surface area contributed by atoms with Crippen LogP contribution in [0.4, 0.5) is 18.0 Å². The molecule has 2 N–H and O–H groups in total. The second-order valence-corrected chi connectivity index (χ2v) is 6.29. The van der Waals surface area contributed by atoms with Crippen molar-refractivity contribution in [1.29, 1.82) is 0 Å². The number of likely N-dealkylation sites (tertiary alicyclic amines) is 1. The van der Waals surface area contributed by atoms with Crippen molar-refractivity contribution in [3.63, 3.8) is 0 Å². The van der Waals surface area contributed by atoms with E-state index in [1.807, 2.05) is 0 Å². The van der Waals surface area contributed by atoms with E-state index in [2.05, 4.69) is 10.6 Å². The lowest BCUT2D eigenvalue weighted by molar-refractivity contribution is -0.183. The lowest BCUT2D eigenvalue weighted by Crippen LogP contribution is -2.46. The lowest BCUT2D eigenvalue weighted by Gasteiger charge is -2.31. The van der Waals surface area contributed by atoms with Crippen molar-refractivity contribution in [2.75, 3.05) is 13.1 Å². The van der Waals surface area contributed by atoms with Gasteiger partial charge in [-0.3, -0.25) is 14.5 Å². The Hall–Kier alpha value is -1.80. The Labute approximate surface area is 138 Å². The van der Waals surface area contributed by atoms with Gasteiger partial charge in [-0.1, -0.05) is 6.42 Å². The number of amides is 4. The lowest BCUT2D eigenvalue weighted by atomic mass is 9.85. The average Bonchev–Trinajstić information content (AvgIpc) is 2.82. The predicted molar refractivity (Wildman–Crippen MR) is 78.9 cm³/mol. The fourth-order valence-electron chi connectivity index (χ4n) is 3.17. The van der Waals surface area contributed by atoms with Crippen LogP contribution in [0, 0.1) is 5.92 Å². The first-order valence-electron chi connectivity index (χ1n) is 8.21. The standard InChI is InChI=1S/C15H22F3N3O3/c16-15(17,18)10-3-1-4-11(9-10)20-14(24)19-7-2-8-21-12(22)5-6-13(21)23/h10-11H,1-9H2,(H2,19,20,24)/t10-,11-/m0/s1. The monoisotopic (exact) mass is 349 g/mol. The zero-order valence-electron chi connectivity index (χ0n) is 13.3. The summed E-state index contributed by atoms with van der Waals surface area (Å²) >= 11 is 0. The minimum absolute atomic E-state index is 0.0896. The summed E-state index contributed by atoms with van der Waals surface area (Å²) in [6, 6.07) is -0.992. The van der Waals surface area contributed by atoms with Crippen LogP contribution in [-0.2, 0) is 9.59 Å². The zero-order valence-corrected chi connectivity index (χ0v) is 13.3. The van der Waals surface area contributed by atoms with E-state index < -0.39 is 24.2 Å². The van der Waals surface area contributed by atoms with E-state index in [4.69, 9.17) is 0 Å². The third-order valence-corrected chi connectivity index (χ3v) is 4.47. The van der Waals surface area contributed by atoms with Crippen molar-refractivity contribution in [2.45, 2.75) is 57.2 Å². The van der Waals surface area contributed by atoms with Gasteiger partial charge in [-0.25, -0.2) is 4.79 Å². The maximum atomic E-state index is 12.7. The van der Waals surface area contributed by atoms with Gasteiger partial charge >= 0.3 is 12.2 Å². The fourth-order valence-corrected chi connectivity index (χ4v) is 3.17. The maximum absolute atomic E-state index is 12.7. The number of hydrogen-bond donors (Lipinski definition) is 2. The minimum atomic E-state index is -4.22. The van der Waals surface area contributed by atoms with E-state index in [1.54, 1.807) is 0 Å². The molecule has 2 aliphatic rings. The van der Waals surface area contributed by atoms with Gasteiger partial charge in [-0.15, -0.1) is 0 Å². The molecule has 0 aromatic rings. The van der Waals surface area contributed by atoms with Crippen LogP contribution in [0.15, 0.2) is 0 Å². The molecule has 0 unspecified atom stereocenters. The highest BCUT2D eigenvalue weighted by Gasteiger charge is 2.42. The van der Waals surface area contributed by atoms with E-state index >= 15 is 0 Å². The summed E-state index contributed by atoms with van der Waals surface area (Å²) in [5, 5.41) is 5.13. The van der Waals surface area contributed by atoms with Gasteiger partial charge in [0.25, 0.3) is 0 Å². The van der Waals surface area contributed by atoms with Crippen LogP contribution in [0.1, 0.15) is 44.9 Å². The van der Waals surface area contributed by atoms with Crippen molar-refractivity contribution >= 4 is 17.8 Å². The van der Waals surface area contributed by atoms with Crippen LogP contribution < -0.4 is 10.6 Å². The molecule has 1 aliphatic carbocycles. The van der Waals surface area contributed by atoms with E-state index in [0.717, 1.165) is 0 Å². The summed E-state index contributed by atoms with van der Waals surface area (Å²) in [7, 11) is 0. The number of rotatable bonds is 5. The summed E-state index contributed by atoms with van der Waals surface area (Å²) in [5.74, 6) is -1.77. The van der Waals surface area contributed by atoms with Gasteiger partial charge in [0.2, 0.25) is 11.8 Å².